The highest BCUT2D eigenvalue weighted by Gasteiger charge is 2.14. The third kappa shape index (κ3) is 3.02. The van der Waals surface area contributed by atoms with Gasteiger partial charge in [0, 0.05) is 11.4 Å². The third-order valence-electron chi connectivity index (χ3n) is 3.43. The van der Waals surface area contributed by atoms with Crippen LogP contribution in [0.2, 0.25) is 0 Å². The SMILES string of the molecule is CCc1c(C)nc(SCc2ccccc2)c(C#N)c1C. The Morgan fingerprint density at radius 1 is 1.20 bits per heavy atom. The standard InChI is InChI=1S/C17H18N2S/c1-4-15-12(2)16(10-18)17(19-13(15)3)20-11-14-8-6-5-7-9-14/h5-9H,4,11H2,1-3H3. The van der Waals surface area contributed by atoms with Gasteiger partial charge in [0.2, 0.25) is 0 Å². The van der Waals surface area contributed by atoms with Crippen LogP contribution in [0.4, 0.5) is 0 Å². The van der Waals surface area contributed by atoms with Crippen LogP contribution < -0.4 is 0 Å². The van der Waals surface area contributed by atoms with Crippen molar-refractivity contribution in [1.82, 2.24) is 4.98 Å². The van der Waals surface area contributed by atoms with Gasteiger partial charge in [0.05, 0.1) is 5.56 Å². The number of hydrogen-bond acceptors (Lipinski definition) is 3. The molecule has 2 nitrogen and oxygen atoms in total. The van der Waals surface area contributed by atoms with E-state index in [-0.39, 0.29) is 0 Å². The van der Waals surface area contributed by atoms with Crippen molar-refractivity contribution < 1.29 is 0 Å². The van der Waals surface area contributed by atoms with Crippen LogP contribution in [0.15, 0.2) is 35.4 Å². The van der Waals surface area contributed by atoms with Gasteiger partial charge in [-0.2, -0.15) is 5.26 Å². The van der Waals surface area contributed by atoms with Crippen molar-refractivity contribution in [3.8, 4) is 6.07 Å². The average molecular weight is 282 g/mol. The maximum atomic E-state index is 9.40. The summed E-state index contributed by atoms with van der Waals surface area (Å²) in [6, 6.07) is 12.6. The zero-order valence-corrected chi connectivity index (χ0v) is 12.9. The zero-order valence-electron chi connectivity index (χ0n) is 12.1. The minimum atomic E-state index is 0.730. The fourth-order valence-electron chi connectivity index (χ4n) is 2.34. The Morgan fingerprint density at radius 2 is 1.90 bits per heavy atom. The molecule has 0 bridgehead atoms. The quantitative estimate of drug-likeness (QED) is 0.779. The van der Waals surface area contributed by atoms with Crippen LogP contribution in [0.3, 0.4) is 0 Å². The van der Waals surface area contributed by atoms with Crippen LogP contribution in [0.5, 0.6) is 0 Å². The fraction of sp³-hybridized carbons (Fsp3) is 0.294. The van der Waals surface area contributed by atoms with Crippen molar-refractivity contribution in [1.29, 1.82) is 5.26 Å². The van der Waals surface area contributed by atoms with Gasteiger partial charge in [-0.1, -0.05) is 37.3 Å². The molecule has 0 fully saturated rings. The first-order valence-electron chi connectivity index (χ1n) is 6.74. The molecular formula is C17H18N2S. The summed E-state index contributed by atoms with van der Waals surface area (Å²) < 4.78 is 0. The molecule has 0 atom stereocenters. The average Bonchev–Trinajstić information content (AvgIpc) is 2.46. The van der Waals surface area contributed by atoms with E-state index in [4.69, 9.17) is 0 Å². The molecule has 1 aromatic carbocycles. The highest BCUT2D eigenvalue weighted by atomic mass is 32.2. The molecular weight excluding hydrogens is 264 g/mol. The Kier molecular flexibility index (Phi) is 4.81. The summed E-state index contributed by atoms with van der Waals surface area (Å²) in [5, 5.41) is 10.3. The first-order valence-corrected chi connectivity index (χ1v) is 7.72. The molecule has 0 N–H and O–H groups in total. The largest absolute Gasteiger partial charge is 0.245 e. The molecule has 0 unspecified atom stereocenters. The van der Waals surface area contributed by atoms with Gasteiger partial charge in [0.25, 0.3) is 0 Å². The molecule has 0 aliphatic carbocycles. The molecule has 0 radical (unpaired) electrons. The van der Waals surface area contributed by atoms with Gasteiger partial charge in [0.1, 0.15) is 11.1 Å². The maximum absolute atomic E-state index is 9.40. The number of thioether (sulfide) groups is 1. The lowest BCUT2D eigenvalue weighted by atomic mass is 10.0. The fourth-order valence-corrected chi connectivity index (χ4v) is 3.38. The van der Waals surface area contributed by atoms with Crippen LogP contribution in [0.1, 0.15) is 34.9 Å². The lowest BCUT2D eigenvalue weighted by Crippen LogP contribution is -2.02. The lowest BCUT2D eigenvalue weighted by molar-refractivity contribution is 0.953. The van der Waals surface area contributed by atoms with E-state index in [1.165, 1.54) is 11.1 Å². The summed E-state index contributed by atoms with van der Waals surface area (Å²) in [7, 11) is 0. The molecule has 0 saturated heterocycles. The third-order valence-corrected chi connectivity index (χ3v) is 4.48. The van der Waals surface area contributed by atoms with E-state index >= 15 is 0 Å². The van der Waals surface area contributed by atoms with Crippen molar-refractivity contribution in [3.63, 3.8) is 0 Å². The molecule has 2 aromatic rings. The van der Waals surface area contributed by atoms with Crippen molar-refractivity contribution in [3.05, 3.63) is 58.3 Å². The Morgan fingerprint density at radius 3 is 2.50 bits per heavy atom. The second-order valence-corrected chi connectivity index (χ2v) is 5.68. The number of nitrogens with zero attached hydrogens (tertiary/aromatic N) is 2. The molecule has 1 aromatic heterocycles. The number of pyridine rings is 1. The van der Waals surface area contributed by atoms with E-state index in [9.17, 15) is 5.26 Å². The van der Waals surface area contributed by atoms with E-state index < -0.39 is 0 Å². The van der Waals surface area contributed by atoms with Crippen LogP contribution in [-0.2, 0) is 12.2 Å². The number of rotatable bonds is 4. The number of hydrogen-bond donors (Lipinski definition) is 0. The number of aromatic nitrogens is 1. The summed E-state index contributed by atoms with van der Waals surface area (Å²) >= 11 is 1.64. The van der Waals surface area contributed by atoms with E-state index in [0.717, 1.165) is 34.0 Å². The molecule has 0 saturated carbocycles. The molecule has 0 amide bonds. The van der Waals surface area contributed by atoms with E-state index in [0.29, 0.717) is 0 Å². The van der Waals surface area contributed by atoms with Crippen LogP contribution in [-0.4, -0.2) is 4.98 Å². The minimum Gasteiger partial charge on any atom is -0.245 e. The molecule has 102 valence electrons. The number of aryl methyl sites for hydroxylation is 1. The van der Waals surface area contributed by atoms with Crippen molar-refractivity contribution in [2.75, 3.05) is 0 Å². The highest BCUT2D eigenvalue weighted by molar-refractivity contribution is 7.98. The molecule has 0 spiro atoms. The van der Waals surface area contributed by atoms with Gasteiger partial charge in [-0.15, -0.1) is 11.8 Å². The molecule has 0 aliphatic heterocycles. The molecule has 0 aliphatic rings. The van der Waals surface area contributed by atoms with Crippen molar-refractivity contribution in [2.24, 2.45) is 0 Å². The summed E-state index contributed by atoms with van der Waals surface area (Å²) in [6.07, 6.45) is 0.920. The predicted octanol–water partition coefficient (Wildman–Crippen LogP) is 4.42. The van der Waals surface area contributed by atoms with Gasteiger partial charge in [-0.05, 0) is 37.0 Å². The maximum Gasteiger partial charge on any atom is 0.115 e. The van der Waals surface area contributed by atoms with E-state index in [2.05, 4.69) is 30.1 Å². The van der Waals surface area contributed by atoms with Crippen LogP contribution in [0.25, 0.3) is 0 Å². The minimum absolute atomic E-state index is 0.730. The molecule has 1 heterocycles. The Balaban J connectivity index is 2.31. The van der Waals surface area contributed by atoms with Gasteiger partial charge < -0.3 is 0 Å². The molecule has 2 rings (SSSR count). The monoisotopic (exact) mass is 282 g/mol. The van der Waals surface area contributed by atoms with Gasteiger partial charge in [-0.25, -0.2) is 4.98 Å². The van der Waals surface area contributed by atoms with Crippen LogP contribution in [0, 0.1) is 25.2 Å². The van der Waals surface area contributed by atoms with Gasteiger partial charge in [0.15, 0.2) is 0 Å². The molecule has 20 heavy (non-hydrogen) atoms. The van der Waals surface area contributed by atoms with Crippen molar-refractivity contribution >= 4 is 11.8 Å². The smallest absolute Gasteiger partial charge is 0.115 e. The van der Waals surface area contributed by atoms with E-state index in [1.54, 1.807) is 11.8 Å². The van der Waals surface area contributed by atoms with Crippen LogP contribution >= 0.6 is 11.8 Å². The highest BCUT2D eigenvalue weighted by Crippen LogP contribution is 2.29. The first-order chi connectivity index (χ1) is 9.67. The Labute approximate surface area is 124 Å². The van der Waals surface area contributed by atoms with Gasteiger partial charge >= 0.3 is 0 Å². The second kappa shape index (κ2) is 6.58. The Hall–Kier alpha value is -1.79. The summed E-state index contributed by atoms with van der Waals surface area (Å²) in [5.41, 5.74) is 5.30. The number of benzene rings is 1. The number of nitriles is 1. The van der Waals surface area contributed by atoms with Crippen molar-refractivity contribution in [2.45, 2.75) is 38.0 Å². The summed E-state index contributed by atoms with van der Waals surface area (Å²) in [5.74, 6) is 0.840. The lowest BCUT2D eigenvalue weighted by Gasteiger charge is -2.12. The summed E-state index contributed by atoms with van der Waals surface area (Å²) in [4.78, 5) is 4.63. The summed E-state index contributed by atoms with van der Waals surface area (Å²) in [6.45, 7) is 6.16. The Bertz CT molecular complexity index is 642. The zero-order chi connectivity index (χ0) is 14.5. The second-order valence-electron chi connectivity index (χ2n) is 4.72. The van der Waals surface area contributed by atoms with Gasteiger partial charge in [-0.3, -0.25) is 0 Å². The van der Waals surface area contributed by atoms with E-state index in [1.807, 2.05) is 32.0 Å². The normalized spacial score (nSPS) is 10.3. The molecule has 3 heteroatoms. The predicted molar refractivity (Wildman–Crippen MR) is 83.8 cm³/mol. The first kappa shape index (κ1) is 14.6. The topological polar surface area (TPSA) is 36.7 Å².